The van der Waals surface area contributed by atoms with E-state index in [9.17, 15) is 4.79 Å². The molecule has 0 aliphatic rings. The monoisotopic (exact) mass is 321 g/mol. The molecule has 6 nitrogen and oxygen atoms in total. The van der Waals surface area contributed by atoms with Crippen molar-refractivity contribution in [1.29, 1.82) is 0 Å². The van der Waals surface area contributed by atoms with Crippen LogP contribution in [0.3, 0.4) is 0 Å². The molecule has 2 rings (SSSR count). The maximum atomic E-state index is 11.6. The fourth-order valence-corrected chi connectivity index (χ4v) is 2.30. The third-order valence-corrected chi connectivity index (χ3v) is 3.18. The Kier molecular flexibility index (Phi) is 5.71. The summed E-state index contributed by atoms with van der Waals surface area (Å²) in [4.78, 5) is 15.9. The third kappa shape index (κ3) is 5.00. The number of amides is 1. The van der Waals surface area contributed by atoms with Gasteiger partial charge in [0, 0.05) is 29.7 Å². The van der Waals surface area contributed by atoms with E-state index in [-0.39, 0.29) is 6.10 Å². The summed E-state index contributed by atoms with van der Waals surface area (Å²) in [5.74, 6) is 1.37. The first-order valence-electron chi connectivity index (χ1n) is 7.15. The van der Waals surface area contributed by atoms with Crippen molar-refractivity contribution in [2.45, 2.75) is 39.7 Å². The second-order valence-corrected chi connectivity index (χ2v) is 5.65. The van der Waals surface area contributed by atoms with Crippen LogP contribution in [0.15, 0.2) is 24.3 Å². The Hall–Kier alpha value is -2.15. The molecule has 2 aromatic rings. The van der Waals surface area contributed by atoms with Gasteiger partial charge in [-0.1, -0.05) is 13.0 Å². The summed E-state index contributed by atoms with van der Waals surface area (Å²) in [6.07, 6.45) is 1.17. The molecule has 0 radical (unpaired) electrons. The van der Waals surface area contributed by atoms with Crippen LogP contribution in [-0.4, -0.2) is 21.6 Å². The van der Waals surface area contributed by atoms with E-state index in [1.165, 1.54) is 11.5 Å². The number of aryl methyl sites for hydroxylation is 1. The number of rotatable bonds is 6. The largest absolute Gasteiger partial charge is 0.447 e. The highest BCUT2D eigenvalue weighted by molar-refractivity contribution is 7.07. The first-order valence-corrected chi connectivity index (χ1v) is 7.92. The molecule has 0 unspecified atom stereocenters. The number of nitrogens with zero attached hydrogens (tertiary/aromatic N) is 2. The summed E-state index contributed by atoms with van der Waals surface area (Å²) in [5.41, 5.74) is 0.599. The molecule has 1 heterocycles. The van der Waals surface area contributed by atoms with Crippen molar-refractivity contribution in [2.75, 3.05) is 5.32 Å². The van der Waals surface area contributed by atoms with Crippen LogP contribution in [0.1, 0.15) is 33.0 Å². The predicted molar refractivity (Wildman–Crippen MR) is 85.7 cm³/mol. The van der Waals surface area contributed by atoms with E-state index < -0.39 is 6.09 Å². The molecule has 1 aromatic carbocycles. The number of aromatic nitrogens is 2. The molecule has 0 bridgehead atoms. The van der Waals surface area contributed by atoms with Gasteiger partial charge < -0.3 is 9.47 Å². The predicted octanol–water partition coefficient (Wildman–Crippen LogP) is 4.24. The Balaban J connectivity index is 1.99. The molecule has 0 spiro atoms. The lowest BCUT2D eigenvalue weighted by Gasteiger charge is -2.10. The van der Waals surface area contributed by atoms with Gasteiger partial charge in [0.15, 0.2) is 0 Å². The molecule has 0 saturated heterocycles. The summed E-state index contributed by atoms with van der Waals surface area (Å²) < 4.78 is 14.9. The van der Waals surface area contributed by atoms with E-state index in [2.05, 4.69) is 21.6 Å². The first-order chi connectivity index (χ1) is 10.6. The molecular weight excluding hydrogens is 302 g/mol. The Morgan fingerprint density at radius 2 is 2.23 bits per heavy atom. The molecule has 0 fully saturated rings. The van der Waals surface area contributed by atoms with Crippen LogP contribution >= 0.6 is 11.5 Å². The molecule has 22 heavy (non-hydrogen) atoms. The van der Waals surface area contributed by atoms with Crippen molar-refractivity contribution in [1.82, 2.24) is 9.36 Å². The molecule has 1 N–H and O–H groups in total. The van der Waals surface area contributed by atoms with Gasteiger partial charge in [0.1, 0.15) is 11.6 Å². The summed E-state index contributed by atoms with van der Waals surface area (Å²) in [6, 6.07) is 7.05. The van der Waals surface area contributed by atoms with Crippen molar-refractivity contribution >= 4 is 23.3 Å². The highest BCUT2D eigenvalue weighted by Crippen LogP contribution is 2.25. The van der Waals surface area contributed by atoms with Gasteiger partial charge in [0.2, 0.25) is 0 Å². The van der Waals surface area contributed by atoms with Crippen LogP contribution < -0.4 is 10.1 Å². The van der Waals surface area contributed by atoms with Gasteiger partial charge in [-0.2, -0.15) is 9.36 Å². The quantitative estimate of drug-likeness (QED) is 0.861. The van der Waals surface area contributed by atoms with Crippen LogP contribution in [0.4, 0.5) is 10.5 Å². The fourth-order valence-electron chi connectivity index (χ4n) is 1.70. The van der Waals surface area contributed by atoms with Gasteiger partial charge in [-0.15, -0.1) is 0 Å². The van der Waals surface area contributed by atoms with Crippen LogP contribution in [0.5, 0.6) is 10.9 Å². The van der Waals surface area contributed by atoms with Crippen molar-refractivity contribution in [3.8, 4) is 10.9 Å². The zero-order valence-corrected chi connectivity index (χ0v) is 13.6. The molecule has 0 aliphatic heterocycles. The number of benzene rings is 1. The molecule has 1 amide bonds. The summed E-state index contributed by atoms with van der Waals surface area (Å²) in [5, 5.41) is 3.14. The lowest BCUT2D eigenvalue weighted by molar-refractivity contribution is 0.130. The van der Waals surface area contributed by atoms with Crippen LogP contribution in [0.25, 0.3) is 0 Å². The summed E-state index contributed by atoms with van der Waals surface area (Å²) in [7, 11) is 0. The van der Waals surface area contributed by atoms with E-state index in [0.29, 0.717) is 16.6 Å². The number of carbonyl (C=O) groups excluding carboxylic acids is 1. The van der Waals surface area contributed by atoms with Gasteiger partial charge in [0.25, 0.3) is 5.19 Å². The Morgan fingerprint density at radius 1 is 1.41 bits per heavy atom. The Bertz CT molecular complexity index is 628. The minimum absolute atomic E-state index is 0.169. The Morgan fingerprint density at radius 3 is 2.95 bits per heavy atom. The van der Waals surface area contributed by atoms with Crippen molar-refractivity contribution in [3.63, 3.8) is 0 Å². The highest BCUT2D eigenvalue weighted by Gasteiger charge is 2.08. The van der Waals surface area contributed by atoms with Crippen LogP contribution in [-0.2, 0) is 11.2 Å². The molecule has 0 atom stereocenters. The number of ether oxygens (including phenoxy) is 2. The summed E-state index contributed by atoms with van der Waals surface area (Å²) >= 11 is 1.22. The van der Waals surface area contributed by atoms with E-state index >= 15 is 0 Å². The van der Waals surface area contributed by atoms with Crippen molar-refractivity contribution in [3.05, 3.63) is 30.1 Å². The van der Waals surface area contributed by atoms with E-state index in [1.54, 1.807) is 38.1 Å². The third-order valence-electron chi connectivity index (χ3n) is 2.55. The molecule has 0 aliphatic carbocycles. The van der Waals surface area contributed by atoms with Crippen molar-refractivity contribution in [2.24, 2.45) is 0 Å². The number of nitrogens with one attached hydrogen (secondary N) is 1. The number of hydrogen-bond donors (Lipinski definition) is 1. The van der Waals surface area contributed by atoms with E-state index in [0.717, 1.165) is 18.7 Å². The van der Waals surface area contributed by atoms with Crippen molar-refractivity contribution < 1.29 is 14.3 Å². The lowest BCUT2D eigenvalue weighted by atomic mass is 10.3. The van der Waals surface area contributed by atoms with Crippen LogP contribution in [0.2, 0.25) is 0 Å². The Labute approximate surface area is 133 Å². The zero-order chi connectivity index (χ0) is 15.9. The van der Waals surface area contributed by atoms with Gasteiger partial charge in [0.05, 0.1) is 6.10 Å². The zero-order valence-electron chi connectivity index (χ0n) is 12.8. The minimum atomic E-state index is -0.492. The molecular formula is C15H19N3O3S. The topological polar surface area (TPSA) is 73.3 Å². The number of anilines is 1. The van der Waals surface area contributed by atoms with Gasteiger partial charge in [-0.3, -0.25) is 5.32 Å². The van der Waals surface area contributed by atoms with Gasteiger partial charge in [-0.05, 0) is 32.4 Å². The average Bonchev–Trinajstić information content (AvgIpc) is 2.86. The highest BCUT2D eigenvalue weighted by atomic mass is 32.1. The van der Waals surface area contributed by atoms with E-state index in [1.807, 2.05) is 0 Å². The fraction of sp³-hybridized carbons (Fsp3) is 0.400. The molecule has 118 valence electrons. The maximum Gasteiger partial charge on any atom is 0.411 e. The van der Waals surface area contributed by atoms with E-state index in [4.69, 9.17) is 9.47 Å². The second kappa shape index (κ2) is 7.74. The minimum Gasteiger partial charge on any atom is -0.447 e. The van der Waals surface area contributed by atoms with Gasteiger partial charge in [-0.25, -0.2) is 4.79 Å². The molecule has 0 saturated carbocycles. The number of hydrogen-bond acceptors (Lipinski definition) is 6. The molecule has 7 heteroatoms. The SMILES string of the molecule is CCCc1nsc(Oc2cccc(NC(=O)OC(C)C)c2)n1. The van der Waals surface area contributed by atoms with Gasteiger partial charge >= 0.3 is 6.09 Å². The lowest BCUT2D eigenvalue weighted by Crippen LogP contribution is -2.17. The normalized spacial score (nSPS) is 10.5. The molecule has 1 aromatic heterocycles. The standard InChI is InChI=1S/C15H19N3O3S/c1-4-6-13-17-15(22-18-13)21-12-8-5-7-11(9-12)16-14(19)20-10(2)3/h5,7-10H,4,6H2,1-3H3,(H,16,19). The summed E-state index contributed by atoms with van der Waals surface area (Å²) in [6.45, 7) is 5.66. The van der Waals surface area contributed by atoms with Crippen LogP contribution in [0, 0.1) is 0 Å². The maximum absolute atomic E-state index is 11.6. The first kappa shape index (κ1) is 16.2. The number of carbonyl (C=O) groups is 1. The smallest absolute Gasteiger partial charge is 0.411 e. The average molecular weight is 321 g/mol. The second-order valence-electron chi connectivity index (χ2n) is 4.94.